The molecule has 1 saturated carbocycles. The number of nitrogens with one attached hydrogen (secondary N) is 2. The molecule has 0 radical (unpaired) electrons. The van der Waals surface area contributed by atoms with Gasteiger partial charge in [-0.25, -0.2) is 13.1 Å². The number of amides is 1. The Morgan fingerprint density at radius 1 is 1.36 bits per heavy atom. The maximum absolute atomic E-state index is 12.1. The van der Waals surface area contributed by atoms with Crippen LogP contribution in [0.2, 0.25) is 0 Å². The molecule has 1 fully saturated rings. The number of hydrogen-bond acceptors (Lipinski definition) is 4. The molecular weight excluding hydrogens is 308 g/mol. The SMILES string of the molecule is CC(CC(=O)O)NC(=O)c1cccc(S(=O)(=O)NC2CC2)c1. The third-order valence-corrected chi connectivity index (χ3v) is 4.68. The fourth-order valence-corrected chi connectivity index (χ4v) is 3.26. The summed E-state index contributed by atoms with van der Waals surface area (Å²) in [5, 5.41) is 11.2. The summed E-state index contributed by atoms with van der Waals surface area (Å²) in [7, 11) is -3.62. The van der Waals surface area contributed by atoms with Crippen LogP contribution in [0.4, 0.5) is 0 Å². The van der Waals surface area contributed by atoms with Gasteiger partial charge in [0.05, 0.1) is 11.3 Å². The molecule has 120 valence electrons. The summed E-state index contributed by atoms with van der Waals surface area (Å²) in [4.78, 5) is 22.6. The van der Waals surface area contributed by atoms with Crippen LogP contribution in [-0.4, -0.2) is 37.5 Å². The van der Waals surface area contributed by atoms with E-state index >= 15 is 0 Å². The van der Waals surface area contributed by atoms with Crippen molar-refractivity contribution in [2.24, 2.45) is 0 Å². The van der Waals surface area contributed by atoms with Crippen LogP contribution in [-0.2, 0) is 14.8 Å². The maximum atomic E-state index is 12.1. The van der Waals surface area contributed by atoms with Crippen LogP contribution in [0, 0.1) is 0 Å². The molecule has 1 aliphatic carbocycles. The number of carboxylic acid groups (broad SMARTS) is 1. The second-order valence-corrected chi connectivity index (χ2v) is 7.11. The van der Waals surface area contributed by atoms with Gasteiger partial charge in [-0.2, -0.15) is 0 Å². The molecule has 0 spiro atoms. The molecule has 2 rings (SSSR count). The van der Waals surface area contributed by atoms with Gasteiger partial charge < -0.3 is 10.4 Å². The van der Waals surface area contributed by atoms with E-state index in [0.717, 1.165) is 12.8 Å². The highest BCUT2D eigenvalue weighted by molar-refractivity contribution is 7.89. The van der Waals surface area contributed by atoms with E-state index in [2.05, 4.69) is 10.0 Å². The molecule has 1 aliphatic rings. The van der Waals surface area contributed by atoms with Crippen molar-refractivity contribution in [3.63, 3.8) is 0 Å². The summed E-state index contributed by atoms with van der Waals surface area (Å²) in [6.07, 6.45) is 1.45. The Labute approximate surface area is 128 Å². The molecule has 7 nitrogen and oxygen atoms in total. The lowest BCUT2D eigenvalue weighted by Crippen LogP contribution is -2.34. The van der Waals surface area contributed by atoms with Crippen molar-refractivity contribution in [1.29, 1.82) is 0 Å². The van der Waals surface area contributed by atoms with E-state index in [0.29, 0.717) is 0 Å². The average molecular weight is 326 g/mol. The lowest BCUT2D eigenvalue weighted by Gasteiger charge is -2.12. The van der Waals surface area contributed by atoms with Gasteiger partial charge in [0.2, 0.25) is 10.0 Å². The van der Waals surface area contributed by atoms with Crippen molar-refractivity contribution in [2.75, 3.05) is 0 Å². The Balaban J connectivity index is 2.10. The summed E-state index contributed by atoms with van der Waals surface area (Å²) in [5.41, 5.74) is 0.177. The normalized spacial score (nSPS) is 16.0. The standard InChI is InChI=1S/C14H18N2O5S/c1-9(7-13(17)18)15-14(19)10-3-2-4-12(8-10)22(20,21)16-11-5-6-11/h2-4,8-9,11,16H,5-7H2,1H3,(H,15,19)(H,17,18). The predicted octanol–water partition coefficient (Wildman–Crippen LogP) is 0.720. The quantitative estimate of drug-likeness (QED) is 0.683. The Hall–Kier alpha value is -1.93. The zero-order valence-corrected chi connectivity index (χ0v) is 12.9. The molecule has 1 amide bonds. The van der Waals surface area contributed by atoms with Gasteiger partial charge in [0.15, 0.2) is 0 Å². The van der Waals surface area contributed by atoms with E-state index in [4.69, 9.17) is 5.11 Å². The maximum Gasteiger partial charge on any atom is 0.305 e. The van der Waals surface area contributed by atoms with Gasteiger partial charge >= 0.3 is 5.97 Å². The molecule has 1 aromatic rings. The molecule has 0 saturated heterocycles. The van der Waals surface area contributed by atoms with E-state index < -0.39 is 27.9 Å². The van der Waals surface area contributed by atoms with Gasteiger partial charge in [0, 0.05) is 17.6 Å². The zero-order valence-electron chi connectivity index (χ0n) is 12.1. The molecule has 0 heterocycles. The molecule has 0 aromatic heterocycles. The van der Waals surface area contributed by atoms with Crippen molar-refractivity contribution in [3.8, 4) is 0 Å². The van der Waals surface area contributed by atoms with Crippen LogP contribution >= 0.6 is 0 Å². The van der Waals surface area contributed by atoms with Gasteiger partial charge in [0.1, 0.15) is 0 Å². The van der Waals surface area contributed by atoms with Crippen molar-refractivity contribution >= 4 is 21.9 Å². The number of aliphatic carboxylic acids is 1. The van der Waals surface area contributed by atoms with E-state index in [-0.39, 0.29) is 22.9 Å². The summed E-state index contributed by atoms with van der Waals surface area (Å²) in [6, 6.07) is 5.11. The van der Waals surface area contributed by atoms with Crippen LogP contribution in [0.1, 0.15) is 36.5 Å². The van der Waals surface area contributed by atoms with E-state index in [9.17, 15) is 18.0 Å². The van der Waals surface area contributed by atoms with Crippen molar-refractivity contribution in [2.45, 2.75) is 43.2 Å². The van der Waals surface area contributed by atoms with Crippen molar-refractivity contribution < 1.29 is 23.1 Å². The molecule has 1 aromatic carbocycles. The van der Waals surface area contributed by atoms with E-state index in [1.165, 1.54) is 24.3 Å². The summed E-state index contributed by atoms with van der Waals surface area (Å²) in [6.45, 7) is 1.57. The zero-order chi connectivity index (χ0) is 16.3. The highest BCUT2D eigenvalue weighted by Gasteiger charge is 2.28. The smallest absolute Gasteiger partial charge is 0.305 e. The fraction of sp³-hybridized carbons (Fsp3) is 0.429. The Bertz CT molecular complexity index is 682. The number of hydrogen-bond donors (Lipinski definition) is 3. The first-order valence-electron chi connectivity index (χ1n) is 6.93. The summed E-state index contributed by atoms with van der Waals surface area (Å²) >= 11 is 0. The monoisotopic (exact) mass is 326 g/mol. The number of benzene rings is 1. The Morgan fingerprint density at radius 2 is 2.05 bits per heavy atom. The van der Waals surface area contributed by atoms with Crippen molar-refractivity contribution in [3.05, 3.63) is 29.8 Å². The molecule has 3 N–H and O–H groups in total. The minimum Gasteiger partial charge on any atom is -0.481 e. The van der Waals surface area contributed by atoms with Crippen molar-refractivity contribution in [1.82, 2.24) is 10.0 Å². The second kappa shape index (κ2) is 6.45. The largest absolute Gasteiger partial charge is 0.481 e. The lowest BCUT2D eigenvalue weighted by atomic mass is 10.2. The number of carbonyl (C=O) groups excluding carboxylic acids is 1. The van der Waals surface area contributed by atoms with Gasteiger partial charge in [-0.05, 0) is 38.0 Å². The minimum atomic E-state index is -3.62. The van der Waals surface area contributed by atoms with Crippen LogP contribution in [0.5, 0.6) is 0 Å². The van der Waals surface area contributed by atoms with Crippen LogP contribution in [0.25, 0.3) is 0 Å². The molecule has 0 aliphatic heterocycles. The minimum absolute atomic E-state index is 0.0157. The number of sulfonamides is 1. The molecule has 1 atom stereocenters. The first-order valence-corrected chi connectivity index (χ1v) is 8.41. The molecular formula is C14H18N2O5S. The Morgan fingerprint density at radius 3 is 2.64 bits per heavy atom. The highest BCUT2D eigenvalue weighted by atomic mass is 32.2. The van der Waals surface area contributed by atoms with Crippen LogP contribution < -0.4 is 10.0 Å². The Kier molecular flexibility index (Phi) is 4.82. The summed E-state index contributed by atoms with van der Waals surface area (Å²) in [5.74, 6) is -1.52. The number of rotatable bonds is 7. The second-order valence-electron chi connectivity index (χ2n) is 5.40. The molecule has 0 bridgehead atoms. The summed E-state index contributed by atoms with van der Waals surface area (Å²) < 4.78 is 26.8. The predicted molar refractivity (Wildman–Crippen MR) is 79.0 cm³/mol. The van der Waals surface area contributed by atoms with Crippen LogP contribution in [0.3, 0.4) is 0 Å². The van der Waals surface area contributed by atoms with Gasteiger partial charge in [-0.15, -0.1) is 0 Å². The third-order valence-electron chi connectivity index (χ3n) is 3.16. The highest BCUT2D eigenvalue weighted by Crippen LogP contribution is 2.22. The van der Waals surface area contributed by atoms with Crippen LogP contribution in [0.15, 0.2) is 29.2 Å². The fourth-order valence-electron chi connectivity index (χ4n) is 1.91. The van der Waals surface area contributed by atoms with E-state index in [1.54, 1.807) is 6.92 Å². The molecule has 1 unspecified atom stereocenters. The van der Waals surface area contributed by atoms with E-state index in [1.807, 2.05) is 0 Å². The van der Waals surface area contributed by atoms with Gasteiger partial charge in [-0.1, -0.05) is 6.07 Å². The molecule has 8 heteroatoms. The topological polar surface area (TPSA) is 113 Å². The first-order chi connectivity index (χ1) is 10.3. The number of carboxylic acids is 1. The average Bonchev–Trinajstić information content (AvgIpc) is 3.21. The lowest BCUT2D eigenvalue weighted by molar-refractivity contribution is -0.137. The third kappa shape index (κ3) is 4.54. The van der Waals surface area contributed by atoms with Gasteiger partial charge in [-0.3, -0.25) is 9.59 Å². The first kappa shape index (κ1) is 16.4. The number of carbonyl (C=O) groups is 2. The molecule has 22 heavy (non-hydrogen) atoms. The van der Waals surface area contributed by atoms with Gasteiger partial charge in [0.25, 0.3) is 5.91 Å².